The van der Waals surface area contributed by atoms with Crippen LogP contribution in [0.2, 0.25) is 0 Å². The van der Waals surface area contributed by atoms with Crippen molar-refractivity contribution in [3.63, 3.8) is 0 Å². The molecule has 1 amide bonds. The van der Waals surface area contributed by atoms with Crippen LogP contribution in [0.25, 0.3) is 11.1 Å². The van der Waals surface area contributed by atoms with Gasteiger partial charge in [-0.1, -0.05) is 30.0 Å². The minimum atomic E-state index is -1.25. The van der Waals surface area contributed by atoms with Gasteiger partial charge in [-0.15, -0.1) is 0 Å². The number of nitrogens with zero attached hydrogens (tertiary/aromatic N) is 1. The zero-order valence-electron chi connectivity index (χ0n) is 12.7. The second kappa shape index (κ2) is 6.76. The number of hydrogen-bond donors (Lipinski definition) is 1. The van der Waals surface area contributed by atoms with Crippen molar-refractivity contribution < 1.29 is 19.1 Å². The van der Waals surface area contributed by atoms with Crippen LogP contribution >= 0.6 is 11.8 Å². The highest BCUT2D eigenvalue weighted by molar-refractivity contribution is 7.99. The molecule has 0 bridgehead atoms. The Balaban J connectivity index is 1.62. The fraction of sp³-hybridized carbons (Fsp3) is 0.118. The minimum absolute atomic E-state index is 0.0753. The fourth-order valence-electron chi connectivity index (χ4n) is 2.16. The molecule has 2 aromatic carbocycles. The highest BCUT2D eigenvalue weighted by atomic mass is 32.2. The lowest BCUT2D eigenvalue weighted by Gasteiger charge is -2.10. The van der Waals surface area contributed by atoms with Gasteiger partial charge in [-0.05, 0) is 42.3 Å². The molecule has 1 N–H and O–H groups in total. The number of oxazole rings is 1. The quantitative estimate of drug-likeness (QED) is 0.715. The van der Waals surface area contributed by atoms with Gasteiger partial charge in [0.15, 0.2) is 5.58 Å². The minimum Gasteiger partial charge on any atom is -0.545 e. The third-order valence-corrected chi connectivity index (χ3v) is 4.17. The summed E-state index contributed by atoms with van der Waals surface area (Å²) in [6.45, 7) is 1.72. The number of nitrogens with one attached hydrogen (secondary N) is 1. The van der Waals surface area contributed by atoms with E-state index >= 15 is 0 Å². The van der Waals surface area contributed by atoms with E-state index in [0.717, 1.165) is 5.52 Å². The van der Waals surface area contributed by atoms with Gasteiger partial charge in [0.2, 0.25) is 5.91 Å². The summed E-state index contributed by atoms with van der Waals surface area (Å²) < 4.78 is 5.53. The maximum absolute atomic E-state index is 12.0. The third-order valence-electron chi connectivity index (χ3n) is 3.34. The third kappa shape index (κ3) is 3.57. The van der Waals surface area contributed by atoms with E-state index < -0.39 is 5.97 Å². The van der Waals surface area contributed by atoms with Crippen LogP contribution in [0.3, 0.4) is 0 Å². The van der Waals surface area contributed by atoms with Gasteiger partial charge < -0.3 is 19.6 Å². The van der Waals surface area contributed by atoms with E-state index in [1.165, 1.54) is 23.9 Å². The molecular weight excluding hydrogens is 328 g/mol. The summed E-state index contributed by atoms with van der Waals surface area (Å²) in [4.78, 5) is 27.1. The molecule has 3 aromatic rings. The number of carbonyl (C=O) groups is 2. The number of aryl methyl sites for hydroxylation is 1. The van der Waals surface area contributed by atoms with Crippen LogP contribution in [-0.2, 0) is 4.79 Å². The molecule has 0 radical (unpaired) electrons. The van der Waals surface area contributed by atoms with E-state index in [-0.39, 0.29) is 17.2 Å². The highest BCUT2D eigenvalue weighted by Crippen LogP contribution is 2.23. The van der Waals surface area contributed by atoms with Crippen LogP contribution in [-0.4, -0.2) is 22.6 Å². The van der Waals surface area contributed by atoms with Gasteiger partial charge in [-0.3, -0.25) is 4.79 Å². The topological polar surface area (TPSA) is 95.3 Å². The van der Waals surface area contributed by atoms with Gasteiger partial charge in [-0.2, -0.15) is 0 Å². The van der Waals surface area contributed by atoms with E-state index in [1.54, 1.807) is 13.0 Å². The molecule has 0 unspecified atom stereocenters. The predicted molar refractivity (Wildman–Crippen MR) is 88.9 cm³/mol. The number of amides is 1. The molecule has 122 valence electrons. The van der Waals surface area contributed by atoms with Crippen LogP contribution in [0.5, 0.6) is 0 Å². The largest absolute Gasteiger partial charge is 0.545 e. The van der Waals surface area contributed by atoms with Crippen molar-refractivity contribution in [1.29, 1.82) is 0 Å². The van der Waals surface area contributed by atoms with Crippen LogP contribution in [0.15, 0.2) is 52.1 Å². The summed E-state index contributed by atoms with van der Waals surface area (Å²) in [5.74, 6) is -1.34. The number of benzene rings is 2. The van der Waals surface area contributed by atoms with Crippen LogP contribution in [0.1, 0.15) is 15.9 Å². The van der Waals surface area contributed by atoms with E-state index in [4.69, 9.17) is 4.42 Å². The number of hydrogen-bond acceptors (Lipinski definition) is 6. The Labute approximate surface area is 141 Å². The van der Waals surface area contributed by atoms with Crippen LogP contribution in [0, 0.1) is 6.92 Å². The Kier molecular flexibility index (Phi) is 4.52. The van der Waals surface area contributed by atoms with E-state index in [9.17, 15) is 14.7 Å². The first-order chi connectivity index (χ1) is 11.5. The van der Waals surface area contributed by atoms with Crippen molar-refractivity contribution >= 4 is 40.4 Å². The molecule has 0 atom stereocenters. The standard InChI is InChI=1S/C17H14N2O4S/c1-10-8-11(16(21)22)6-7-12(10)18-15(20)9-24-17-19-13-4-2-3-5-14(13)23-17/h2-8H,9H2,1H3,(H,18,20)(H,21,22)/p-1. The molecule has 3 rings (SSSR count). The number of thioether (sulfide) groups is 1. The average Bonchev–Trinajstić information content (AvgIpc) is 2.97. The average molecular weight is 341 g/mol. The van der Waals surface area contributed by atoms with Crippen LogP contribution in [0.4, 0.5) is 5.69 Å². The summed E-state index contributed by atoms with van der Waals surface area (Å²) in [6.07, 6.45) is 0. The fourth-order valence-corrected chi connectivity index (χ4v) is 2.80. The molecule has 1 aromatic heterocycles. The first-order valence-electron chi connectivity index (χ1n) is 7.13. The number of para-hydroxylation sites is 2. The Morgan fingerprint density at radius 1 is 1.25 bits per heavy atom. The summed E-state index contributed by atoms with van der Waals surface area (Å²) >= 11 is 1.19. The van der Waals surface area contributed by atoms with Gasteiger partial charge >= 0.3 is 0 Å². The maximum Gasteiger partial charge on any atom is 0.257 e. The smallest absolute Gasteiger partial charge is 0.257 e. The molecule has 0 fully saturated rings. The number of aromatic nitrogens is 1. The second-order valence-corrected chi connectivity index (χ2v) is 6.03. The number of anilines is 1. The molecule has 0 saturated carbocycles. The Hall–Kier alpha value is -2.80. The first kappa shape index (κ1) is 16.1. The van der Waals surface area contributed by atoms with Gasteiger partial charge in [0.25, 0.3) is 5.22 Å². The molecule has 7 heteroatoms. The maximum atomic E-state index is 12.0. The molecular formula is C17H13N2O4S-. The molecule has 24 heavy (non-hydrogen) atoms. The summed E-state index contributed by atoms with van der Waals surface area (Å²) in [7, 11) is 0. The lowest BCUT2D eigenvalue weighted by molar-refractivity contribution is -0.255. The van der Waals surface area contributed by atoms with Crippen molar-refractivity contribution in [1.82, 2.24) is 4.98 Å². The highest BCUT2D eigenvalue weighted by Gasteiger charge is 2.10. The van der Waals surface area contributed by atoms with Crippen LogP contribution < -0.4 is 10.4 Å². The second-order valence-electron chi connectivity index (χ2n) is 5.10. The lowest BCUT2D eigenvalue weighted by Crippen LogP contribution is -2.22. The van der Waals surface area contributed by atoms with Crippen molar-refractivity contribution in [2.24, 2.45) is 0 Å². The van der Waals surface area contributed by atoms with E-state index in [1.807, 2.05) is 24.3 Å². The molecule has 0 aliphatic carbocycles. The summed E-state index contributed by atoms with van der Waals surface area (Å²) in [6, 6.07) is 11.8. The van der Waals surface area contributed by atoms with Gasteiger partial charge in [-0.25, -0.2) is 4.98 Å². The number of carboxylic acid groups (broad SMARTS) is 1. The zero-order chi connectivity index (χ0) is 17.1. The van der Waals surface area contributed by atoms with Crippen molar-refractivity contribution in [2.75, 3.05) is 11.1 Å². The van der Waals surface area contributed by atoms with Crippen molar-refractivity contribution in [3.8, 4) is 0 Å². The Morgan fingerprint density at radius 3 is 2.75 bits per heavy atom. The first-order valence-corrected chi connectivity index (χ1v) is 8.12. The zero-order valence-corrected chi connectivity index (χ0v) is 13.6. The van der Waals surface area contributed by atoms with E-state index in [2.05, 4.69) is 10.3 Å². The number of carbonyl (C=O) groups excluding carboxylic acids is 2. The molecule has 0 aliphatic heterocycles. The number of fused-ring (bicyclic) bond motifs is 1. The Morgan fingerprint density at radius 2 is 2.04 bits per heavy atom. The summed E-state index contributed by atoms with van der Waals surface area (Å²) in [5, 5.41) is 14.0. The molecule has 0 aliphatic rings. The monoisotopic (exact) mass is 341 g/mol. The lowest BCUT2D eigenvalue weighted by atomic mass is 10.1. The van der Waals surface area contributed by atoms with Crippen molar-refractivity contribution in [2.45, 2.75) is 12.1 Å². The molecule has 0 saturated heterocycles. The normalized spacial score (nSPS) is 10.7. The SMILES string of the molecule is Cc1cc(C(=O)[O-])ccc1NC(=O)CSc1nc2ccccc2o1. The van der Waals surface area contributed by atoms with Crippen molar-refractivity contribution in [3.05, 3.63) is 53.6 Å². The number of carboxylic acids is 1. The number of aromatic carboxylic acids is 1. The molecule has 0 spiro atoms. The van der Waals surface area contributed by atoms with Gasteiger partial charge in [0, 0.05) is 5.69 Å². The van der Waals surface area contributed by atoms with E-state index in [0.29, 0.717) is 22.1 Å². The van der Waals surface area contributed by atoms with Gasteiger partial charge in [0.05, 0.1) is 11.7 Å². The Bertz CT molecular complexity index is 887. The number of rotatable bonds is 5. The molecule has 1 heterocycles. The molecule has 6 nitrogen and oxygen atoms in total. The summed E-state index contributed by atoms with van der Waals surface area (Å²) in [5.41, 5.74) is 2.70. The predicted octanol–water partition coefficient (Wildman–Crippen LogP) is 2.23. The van der Waals surface area contributed by atoms with Gasteiger partial charge in [0.1, 0.15) is 5.52 Å².